The zero-order valence-electron chi connectivity index (χ0n) is 9.90. The minimum atomic E-state index is -0.717. The van der Waals surface area contributed by atoms with Crippen molar-refractivity contribution in [1.29, 1.82) is 0 Å². The number of hydrogen-bond acceptors (Lipinski definition) is 4. The third kappa shape index (κ3) is 2.77. The predicted molar refractivity (Wildman–Crippen MR) is 76.1 cm³/mol. The summed E-state index contributed by atoms with van der Waals surface area (Å²) in [7, 11) is 0. The average molecular weight is 380 g/mol. The lowest BCUT2D eigenvalue weighted by molar-refractivity contribution is -0.0799. The monoisotopic (exact) mass is 378 g/mol. The van der Waals surface area contributed by atoms with Gasteiger partial charge in [0.1, 0.15) is 6.10 Å². The van der Waals surface area contributed by atoms with Crippen molar-refractivity contribution in [2.75, 3.05) is 19.8 Å². The Kier molecular flexibility index (Phi) is 4.77. The summed E-state index contributed by atoms with van der Waals surface area (Å²) in [5.74, 6) is 0. The molecule has 1 saturated heterocycles. The number of pyridine rings is 1. The van der Waals surface area contributed by atoms with Gasteiger partial charge in [-0.1, -0.05) is 0 Å². The second kappa shape index (κ2) is 5.96. The third-order valence-corrected chi connectivity index (χ3v) is 4.50. The fraction of sp³-hybridized carbons (Fsp3) is 0.583. The molecule has 0 spiro atoms. The number of rotatable bonds is 3. The van der Waals surface area contributed by atoms with Crippen LogP contribution in [0.5, 0.6) is 0 Å². The van der Waals surface area contributed by atoms with Crippen LogP contribution in [0.2, 0.25) is 0 Å². The Morgan fingerprint density at radius 2 is 2.33 bits per heavy atom. The molecule has 100 valence electrons. The van der Waals surface area contributed by atoms with Gasteiger partial charge in [-0.25, -0.2) is 0 Å². The van der Waals surface area contributed by atoms with Gasteiger partial charge in [-0.2, -0.15) is 0 Å². The second-order valence-electron chi connectivity index (χ2n) is 4.65. The van der Waals surface area contributed by atoms with Gasteiger partial charge in [0.05, 0.1) is 12.3 Å². The zero-order valence-corrected chi connectivity index (χ0v) is 13.1. The van der Waals surface area contributed by atoms with Crippen LogP contribution in [0.4, 0.5) is 0 Å². The summed E-state index contributed by atoms with van der Waals surface area (Å²) in [5.41, 5.74) is 6.05. The van der Waals surface area contributed by atoms with Gasteiger partial charge in [0.25, 0.3) is 0 Å². The molecule has 2 rings (SSSR count). The van der Waals surface area contributed by atoms with Gasteiger partial charge in [-0.3, -0.25) is 4.98 Å². The van der Waals surface area contributed by atoms with Crippen molar-refractivity contribution in [3.05, 3.63) is 26.9 Å². The topological polar surface area (TPSA) is 68.4 Å². The van der Waals surface area contributed by atoms with Gasteiger partial charge in [0, 0.05) is 33.7 Å². The number of aliphatic hydroxyl groups excluding tert-OH is 1. The molecule has 1 fully saturated rings. The summed E-state index contributed by atoms with van der Waals surface area (Å²) in [6, 6.07) is 1.87. The number of nitrogens with two attached hydrogens (primary N) is 1. The van der Waals surface area contributed by atoms with Gasteiger partial charge in [0.15, 0.2) is 0 Å². The van der Waals surface area contributed by atoms with Crippen molar-refractivity contribution in [2.24, 2.45) is 11.1 Å². The molecular formula is C12H16Br2N2O2. The zero-order chi connectivity index (χ0) is 13.2. The second-order valence-corrected chi connectivity index (χ2v) is 6.42. The average Bonchev–Trinajstić information content (AvgIpc) is 2.39. The van der Waals surface area contributed by atoms with E-state index in [4.69, 9.17) is 10.5 Å². The first-order chi connectivity index (χ1) is 8.59. The molecule has 2 unspecified atom stereocenters. The van der Waals surface area contributed by atoms with Crippen LogP contribution in [-0.2, 0) is 4.74 Å². The Hall–Kier alpha value is -0.0100. The number of ether oxygens (including phenoxy) is 1. The van der Waals surface area contributed by atoms with Crippen molar-refractivity contribution >= 4 is 31.9 Å². The van der Waals surface area contributed by atoms with Gasteiger partial charge < -0.3 is 15.6 Å². The number of aromatic nitrogens is 1. The molecule has 3 N–H and O–H groups in total. The number of aliphatic hydroxyl groups is 1. The van der Waals surface area contributed by atoms with Crippen LogP contribution < -0.4 is 5.73 Å². The molecule has 0 saturated carbocycles. The molecule has 6 heteroatoms. The smallest absolute Gasteiger partial charge is 0.106 e. The summed E-state index contributed by atoms with van der Waals surface area (Å²) >= 11 is 6.78. The first-order valence-corrected chi connectivity index (χ1v) is 7.44. The molecule has 18 heavy (non-hydrogen) atoms. The molecule has 1 aliphatic rings. The highest BCUT2D eigenvalue weighted by Crippen LogP contribution is 2.41. The molecule has 0 amide bonds. The molecule has 1 aromatic rings. The van der Waals surface area contributed by atoms with Gasteiger partial charge in [0.2, 0.25) is 0 Å². The maximum atomic E-state index is 10.6. The summed E-state index contributed by atoms with van der Waals surface area (Å²) in [4.78, 5) is 4.29. The molecule has 2 heterocycles. The summed E-state index contributed by atoms with van der Waals surface area (Å²) in [6.07, 6.45) is 2.74. The maximum absolute atomic E-state index is 10.6. The minimum absolute atomic E-state index is 0.387. The number of halogens is 2. The van der Waals surface area contributed by atoms with E-state index in [2.05, 4.69) is 36.8 Å². The van der Waals surface area contributed by atoms with E-state index in [1.807, 2.05) is 6.07 Å². The molecule has 1 aliphatic heterocycles. The summed E-state index contributed by atoms with van der Waals surface area (Å²) in [6.45, 7) is 1.61. The van der Waals surface area contributed by atoms with Crippen molar-refractivity contribution in [2.45, 2.75) is 18.9 Å². The molecule has 0 radical (unpaired) electrons. The highest BCUT2D eigenvalue weighted by molar-refractivity contribution is 9.11. The van der Waals surface area contributed by atoms with Crippen LogP contribution in [0.1, 0.15) is 24.6 Å². The number of nitrogens with zero attached hydrogens (tertiary/aromatic N) is 1. The van der Waals surface area contributed by atoms with Gasteiger partial charge >= 0.3 is 0 Å². The molecule has 0 bridgehead atoms. The van der Waals surface area contributed by atoms with E-state index in [1.54, 1.807) is 6.20 Å². The Balaban J connectivity index is 2.30. The lowest BCUT2D eigenvalue weighted by Gasteiger charge is -2.39. The van der Waals surface area contributed by atoms with Crippen LogP contribution in [0.25, 0.3) is 0 Å². The van der Waals surface area contributed by atoms with Crippen molar-refractivity contribution in [1.82, 2.24) is 4.98 Å². The third-order valence-electron chi connectivity index (χ3n) is 3.43. The summed E-state index contributed by atoms with van der Waals surface area (Å²) in [5, 5.41) is 10.6. The Morgan fingerprint density at radius 3 is 2.89 bits per heavy atom. The number of hydrogen-bond donors (Lipinski definition) is 2. The Morgan fingerprint density at radius 1 is 1.56 bits per heavy atom. The van der Waals surface area contributed by atoms with Crippen LogP contribution in [0.15, 0.2) is 21.2 Å². The Labute approximate surface area is 123 Å². The first kappa shape index (κ1) is 14.4. The van der Waals surface area contributed by atoms with E-state index < -0.39 is 11.5 Å². The van der Waals surface area contributed by atoms with Gasteiger partial charge in [-0.05, 0) is 50.8 Å². The SMILES string of the molecule is NCC1(C(O)c2ncc(Br)cc2Br)CCCOC1. The van der Waals surface area contributed by atoms with Crippen molar-refractivity contribution < 1.29 is 9.84 Å². The van der Waals surface area contributed by atoms with Crippen LogP contribution in [0.3, 0.4) is 0 Å². The molecule has 2 atom stereocenters. The Bertz CT molecular complexity index is 423. The molecular weight excluding hydrogens is 364 g/mol. The lowest BCUT2D eigenvalue weighted by atomic mass is 9.76. The maximum Gasteiger partial charge on any atom is 0.106 e. The van der Waals surface area contributed by atoms with E-state index in [-0.39, 0.29) is 0 Å². The lowest BCUT2D eigenvalue weighted by Crippen LogP contribution is -2.44. The van der Waals surface area contributed by atoms with E-state index in [1.165, 1.54) is 0 Å². The molecule has 1 aromatic heterocycles. The van der Waals surface area contributed by atoms with Crippen LogP contribution >= 0.6 is 31.9 Å². The first-order valence-electron chi connectivity index (χ1n) is 5.86. The highest BCUT2D eigenvalue weighted by atomic mass is 79.9. The fourth-order valence-electron chi connectivity index (χ4n) is 2.28. The van der Waals surface area contributed by atoms with E-state index in [0.29, 0.717) is 18.8 Å². The predicted octanol–water partition coefficient (Wildman–Crippen LogP) is 2.40. The van der Waals surface area contributed by atoms with E-state index >= 15 is 0 Å². The van der Waals surface area contributed by atoms with E-state index in [9.17, 15) is 5.11 Å². The van der Waals surface area contributed by atoms with Crippen molar-refractivity contribution in [3.8, 4) is 0 Å². The normalized spacial score (nSPS) is 26.0. The molecule has 0 aliphatic carbocycles. The van der Waals surface area contributed by atoms with Crippen molar-refractivity contribution in [3.63, 3.8) is 0 Å². The minimum Gasteiger partial charge on any atom is -0.386 e. The van der Waals surface area contributed by atoms with Gasteiger partial charge in [-0.15, -0.1) is 0 Å². The molecule has 4 nitrogen and oxygen atoms in total. The largest absolute Gasteiger partial charge is 0.386 e. The van der Waals surface area contributed by atoms with Crippen LogP contribution in [0, 0.1) is 5.41 Å². The summed E-state index contributed by atoms with van der Waals surface area (Å²) < 4.78 is 7.14. The standard InChI is InChI=1S/C12H16Br2N2O2/c13-8-4-9(14)10(16-5-8)11(17)12(6-15)2-1-3-18-7-12/h4-5,11,17H,1-3,6-7,15H2. The van der Waals surface area contributed by atoms with E-state index in [0.717, 1.165) is 28.4 Å². The van der Waals surface area contributed by atoms with Crippen LogP contribution in [-0.4, -0.2) is 29.8 Å². The molecule has 0 aromatic carbocycles. The quantitative estimate of drug-likeness (QED) is 0.846. The highest BCUT2D eigenvalue weighted by Gasteiger charge is 2.41. The fourth-order valence-corrected chi connectivity index (χ4v) is 3.48.